The van der Waals surface area contributed by atoms with Crippen LogP contribution in [0, 0.1) is 6.92 Å². The van der Waals surface area contributed by atoms with E-state index in [2.05, 4.69) is 6.07 Å². The quantitative estimate of drug-likeness (QED) is 0.633. The molecule has 0 unspecified atom stereocenters. The van der Waals surface area contributed by atoms with Gasteiger partial charge in [0.1, 0.15) is 0 Å². The summed E-state index contributed by atoms with van der Waals surface area (Å²) >= 11 is 0. The van der Waals surface area contributed by atoms with Gasteiger partial charge in [-0.1, -0.05) is 23.8 Å². The van der Waals surface area contributed by atoms with Crippen LogP contribution in [0.2, 0.25) is 0 Å². The monoisotopic (exact) mass is 304 g/mol. The molecule has 4 nitrogen and oxygen atoms in total. The zero-order valence-electron chi connectivity index (χ0n) is 14.4. The highest BCUT2D eigenvalue weighted by Crippen LogP contribution is 2.36. The predicted molar refractivity (Wildman–Crippen MR) is 87.2 cm³/mol. The van der Waals surface area contributed by atoms with E-state index in [9.17, 15) is 4.79 Å². The van der Waals surface area contributed by atoms with Gasteiger partial charge in [0.2, 0.25) is 0 Å². The van der Waals surface area contributed by atoms with Crippen LogP contribution < -0.4 is 5.46 Å². The maximum atomic E-state index is 11.3. The Hall–Kier alpha value is -1.33. The van der Waals surface area contributed by atoms with Crippen LogP contribution in [0.5, 0.6) is 0 Å². The van der Waals surface area contributed by atoms with Crippen molar-refractivity contribution in [2.75, 3.05) is 7.11 Å². The first kappa shape index (κ1) is 17.0. The third-order valence-corrected chi connectivity index (χ3v) is 4.70. The highest BCUT2D eigenvalue weighted by molar-refractivity contribution is 6.62. The fourth-order valence-electron chi connectivity index (χ4n) is 2.42. The van der Waals surface area contributed by atoms with Gasteiger partial charge in [0.05, 0.1) is 18.3 Å². The molecule has 1 aliphatic rings. The lowest BCUT2D eigenvalue weighted by atomic mass is 9.75. The van der Waals surface area contributed by atoms with Crippen LogP contribution in [-0.2, 0) is 25.3 Å². The molecule has 0 aliphatic carbocycles. The molecular formula is C17H25BO4. The molecule has 0 saturated carbocycles. The first-order chi connectivity index (χ1) is 10.2. The Morgan fingerprint density at radius 3 is 2.32 bits per heavy atom. The van der Waals surface area contributed by atoms with Crippen molar-refractivity contribution in [3.05, 3.63) is 29.3 Å². The molecule has 1 aliphatic heterocycles. The zero-order chi connectivity index (χ0) is 16.5. The maximum Gasteiger partial charge on any atom is 0.495 e. The lowest BCUT2D eigenvalue weighted by Gasteiger charge is -2.32. The normalized spacial score (nSPS) is 19.3. The van der Waals surface area contributed by atoms with Gasteiger partial charge in [0, 0.05) is 6.42 Å². The van der Waals surface area contributed by atoms with Crippen molar-refractivity contribution in [1.82, 2.24) is 0 Å². The van der Waals surface area contributed by atoms with Crippen LogP contribution in [-0.4, -0.2) is 31.4 Å². The van der Waals surface area contributed by atoms with E-state index in [0.29, 0.717) is 12.8 Å². The summed E-state index contributed by atoms with van der Waals surface area (Å²) in [6, 6.07) is 6.15. The number of hydrogen-bond acceptors (Lipinski definition) is 4. The molecule has 120 valence electrons. The van der Waals surface area contributed by atoms with E-state index in [0.717, 1.165) is 16.6 Å². The Morgan fingerprint density at radius 2 is 1.77 bits per heavy atom. The molecular weight excluding hydrogens is 279 g/mol. The number of hydrogen-bond donors (Lipinski definition) is 0. The van der Waals surface area contributed by atoms with Gasteiger partial charge in [-0.3, -0.25) is 4.79 Å². The fraction of sp³-hybridized carbons (Fsp3) is 0.588. The average molecular weight is 304 g/mol. The van der Waals surface area contributed by atoms with Gasteiger partial charge in [-0.05, 0) is 52.1 Å². The summed E-state index contributed by atoms with van der Waals surface area (Å²) in [7, 11) is 1.04. The standard InChI is InChI=1S/C17H25BO4/c1-12-7-8-13(9-10-15(19)20-6)11-14(12)18-21-16(2,3)17(4,5)22-18/h7-8,11H,9-10H2,1-6H3. The minimum Gasteiger partial charge on any atom is -0.469 e. The van der Waals surface area contributed by atoms with Gasteiger partial charge in [-0.15, -0.1) is 0 Å². The van der Waals surface area contributed by atoms with Gasteiger partial charge in [-0.2, -0.15) is 0 Å². The van der Waals surface area contributed by atoms with E-state index < -0.39 is 0 Å². The van der Waals surface area contributed by atoms with Crippen molar-refractivity contribution in [1.29, 1.82) is 0 Å². The second kappa shape index (κ2) is 6.05. The molecule has 0 radical (unpaired) electrons. The SMILES string of the molecule is COC(=O)CCc1ccc(C)c(B2OC(C)(C)C(C)(C)O2)c1. The number of rotatable bonds is 4. The van der Waals surface area contributed by atoms with Gasteiger partial charge >= 0.3 is 13.1 Å². The van der Waals surface area contributed by atoms with E-state index in [1.165, 1.54) is 7.11 Å². The highest BCUT2D eigenvalue weighted by atomic mass is 16.7. The molecule has 0 spiro atoms. The number of aryl methyl sites for hydroxylation is 2. The molecule has 5 heteroatoms. The molecule has 0 aromatic heterocycles. The van der Waals surface area contributed by atoms with Crippen molar-refractivity contribution in [2.24, 2.45) is 0 Å². The van der Waals surface area contributed by atoms with E-state index in [4.69, 9.17) is 14.0 Å². The van der Waals surface area contributed by atoms with E-state index in [1.54, 1.807) is 0 Å². The van der Waals surface area contributed by atoms with Crippen molar-refractivity contribution in [3.8, 4) is 0 Å². The Balaban J connectivity index is 2.19. The Bertz CT molecular complexity index is 550. The second-order valence-corrected chi connectivity index (χ2v) is 6.86. The third kappa shape index (κ3) is 3.36. The molecule has 0 amide bonds. The highest BCUT2D eigenvalue weighted by Gasteiger charge is 2.52. The minimum atomic E-state index is -0.372. The number of esters is 1. The zero-order valence-corrected chi connectivity index (χ0v) is 14.4. The number of methoxy groups -OCH3 is 1. The van der Waals surface area contributed by atoms with Crippen LogP contribution in [0.4, 0.5) is 0 Å². The minimum absolute atomic E-state index is 0.197. The Morgan fingerprint density at radius 1 is 1.18 bits per heavy atom. The lowest BCUT2D eigenvalue weighted by molar-refractivity contribution is -0.140. The molecule has 22 heavy (non-hydrogen) atoms. The van der Waals surface area contributed by atoms with Crippen LogP contribution in [0.15, 0.2) is 18.2 Å². The summed E-state index contributed by atoms with van der Waals surface area (Å²) in [6.07, 6.45) is 1.03. The van der Waals surface area contributed by atoms with Gasteiger partial charge < -0.3 is 14.0 Å². The maximum absolute atomic E-state index is 11.3. The largest absolute Gasteiger partial charge is 0.495 e. The number of carbonyl (C=O) groups excluding carboxylic acids is 1. The summed E-state index contributed by atoms with van der Waals surface area (Å²) in [5.41, 5.74) is 2.53. The van der Waals surface area contributed by atoms with Crippen LogP contribution in [0.3, 0.4) is 0 Å². The molecule has 0 bridgehead atoms. The molecule has 1 aromatic rings. The predicted octanol–water partition coefficient (Wildman–Crippen LogP) is 2.40. The summed E-state index contributed by atoms with van der Waals surface area (Å²) in [5.74, 6) is -0.197. The summed E-state index contributed by atoms with van der Waals surface area (Å²) in [6.45, 7) is 10.2. The van der Waals surface area contributed by atoms with Gasteiger partial charge in [0.25, 0.3) is 0 Å². The van der Waals surface area contributed by atoms with Crippen LogP contribution >= 0.6 is 0 Å². The smallest absolute Gasteiger partial charge is 0.469 e. The van der Waals surface area contributed by atoms with Gasteiger partial charge in [-0.25, -0.2) is 0 Å². The Labute approximate surface area is 133 Å². The number of carbonyl (C=O) groups is 1. The second-order valence-electron chi connectivity index (χ2n) is 6.86. The number of ether oxygens (including phenoxy) is 1. The third-order valence-electron chi connectivity index (χ3n) is 4.70. The Kier molecular flexibility index (Phi) is 4.69. The fourth-order valence-corrected chi connectivity index (χ4v) is 2.42. The van der Waals surface area contributed by atoms with Crippen LogP contribution in [0.1, 0.15) is 45.2 Å². The molecule has 0 atom stereocenters. The van der Waals surface area contributed by atoms with E-state index in [1.807, 2.05) is 46.8 Å². The molecule has 1 heterocycles. The van der Waals surface area contributed by atoms with Crippen molar-refractivity contribution in [2.45, 2.75) is 58.7 Å². The molecule has 2 rings (SSSR count). The van der Waals surface area contributed by atoms with Crippen molar-refractivity contribution < 1.29 is 18.8 Å². The van der Waals surface area contributed by atoms with E-state index >= 15 is 0 Å². The molecule has 1 aromatic carbocycles. The summed E-state index contributed by atoms with van der Waals surface area (Å²) in [4.78, 5) is 11.3. The molecule has 1 saturated heterocycles. The molecule has 0 N–H and O–H groups in total. The number of benzene rings is 1. The van der Waals surface area contributed by atoms with Gasteiger partial charge in [0.15, 0.2) is 0 Å². The molecule has 1 fully saturated rings. The van der Waals surface area contributed by atoms with Crippen LogP contribution in [0.25, 0.3) is 0 Å². The first-order valence-electron chi connectivity index (χ1n) is 7.68. The summed E-state index contributed by atoms with van der Waals surface area (Å²) < 4.78 is 16.9. The summed E-state index contributed by atoms with van der Waals surface area (Å²) in [5, 5.41) is 0. The first-order valence-corrected chi connectivity index (χ1v) is 7.68. The average Bonchev–Trinajstić information content (AvgIpc) is 2.66. The van der Waals surface area contributed by atoms with E-state index in [-0.39, 0.29) is 24.3 Å². The van der Waals surface area contributed by atoms with Crippen molar-refractivity contribution >= 4 is 18.6 Å². The van der Waals surface area contributed by atoms with Crippen molar-refractivity contribution in [3.63, 3.8) is 0 Å². The lowest BCUT2D eigenvalue weighted by Crippen LogP contribution is -2.41. The topological polar surface area (TPSA) is 44.8 Å².